The normalized spacial score (nSPS) is 13.2. The highest BCUT2D eigenvalue weighted by atomic mass is 16.5. The van der Waals surface area contributed by atoms with Gasteiger partial charge in [0.15, 0.2) is 6.10 Å². The Morgan fingerprint density at radius 1 is 1.21 bits per heavy atom. The van der Waals surface area contributed by atoms with Crippen LogP contribution in [0, 0.1) is 6.92 Å². The molecule has 2 rings (SSSR count). The van der Waals surface area contributed by atoms with Crippen LogP contribution in [0.15, 0.2) is 33.5 Å². The van der Waals surface area contributed by atoms with E-state index in [9.17, 15) is 14.4 Å². The third kappa shape index (κ3) is 3.92. The number of fused-ring (bicyclic) bond motifs is 1. The van der Waals surface area contributed by atoms with E-state index in [1.165, 1.54) is 20.1 Å². The van der Waals surface area contributed by atoms with Crippen LogP contribution in [0.25, 0.3) is 11.0 Å². The first-order valence-corrected chi connectivity index (χ1v) is 7.41. The zero-order valence-corrected chi connectivity index (χ0v) is 13.9. The van der Waals surface area contributed by atoms with E-state index in [-0.39, 0.29) is 0 Å². The number of rotatable bonds is 5. The smallest absolute Gasteiger partial charge is 0.336 e. The van der Waals surface area contributed by atoms with Crippen molar-refractivity contribution in [2.45, 2.75) is 32.9 Å². The summed E-state index contributed by atoms with van der Waals surface area (Å²) in [5.41, 5.74) is 0.730. The Kier molecular flexibility index (Phi) is 5.23. The van der Waals surface area contributed by atoms with Gasteiger partial charge in [-0.25, -0.2) is 9.59 Å². The van der Waals surface area contributed by atoms with Gasteiger partial charge in [-0.3, -0.25) is 4.79 Å². The minimum absolute atomic E-state index is 0.379. The molecule has 0 radical (unpaired) electrons. The van der Waals surface area contributed by atoms with Crippen LogP contribution in [0.4, 0.5) is 0 Å². The lowest BCUT2D eigenvalue weighted by Gasteiger charge is -2.17. The van der Waals surface area contributed by atoms with Gasteiger partial charge < -0.3 is 19.2 Å². The summed E-state index contributed by atoms with van der Waals surface area (Å²) in [6, 6.07) is 5.63. The van der Waals surface area contributed by atoms with Crippen LogP contribution < -0.4 is 15.7 Å². The topological polar surface area (TPSA) is 94.8 Å². The molecule has 0 aliphatic rings. The van der Waals surface area contributed by atoms with Gasteiger partial charge in [-0.15, -0.1) is 0 Å². The fraction of sp³-hybridized carbons (Fsp3) is 0.353. The fourth-order valence-electron chi connectivity index (χ4n) is 2.20. The van der Waals surface area contributed by atoms with Gasteiger partial charge in [0, 0.05) is 17.5 Å². The SMILES string of the molecule is COC(=O)[C@@H](C)NC(=O)C(C)Oc1ccc2c(C)cc(=O)oc2c1. The molecule has 1 amide bonds. The van der Waals surface area contributed by atoms with Gasteiger partial charge in [-0.1, -0.05) is 0 Å². The van der Waals surface area contributed by atoms with Gasteiger partial charge in [0.25, 0.3) is 5.91 Å². The monoisotopic (exact) mass is 333 g/mol. The van der Waals surface area contributed by atoms with E-state index in [0.717, 1.165) is 10.9 Å². The van der Waals surface area contributed by atoms with Gasteiger partial charge in [0.2, 0.25) is 0 Å². The first-order chi connectivity index (χ1) is 11.3. The van der Waals surface area contributed by atoms with Crippen molar-refractivity contribution in [3.63, 3.8) is 0 Å². The molecule has 1 unspecified atom stereocenters. The minimum Gasteiger partial charge on any atom is -0.481 e. The van der Waals surface area contributed by atoms with E-state index in [1.807, 2.05) is 6.92 Å². The molecule has 7 nitrogen and oxygen atoms in total. The molecule has 0 spiro atoms. The summed E-state index contributed by atoms with van der Waals surface area (Å²) in [4.78, 5) is 34.8. The van der Waals surface area contributed by atoms with E-state index in [2.05, 4.69) is 10.1 Å². The fourth-order valence-corrected chi connectivity index (χ4v) is 2.20. The molecular formula is C17H19NO6. The molecule has 1 heterocycles. The first-order valence-electron chi connectivity index (χ1n) is 7.41. The molecule has 1 aromatic heterocycles. The van der Waals surface area contributed by atoms with Crippen molar-refractivity contribution in [1.29, 1.82) is 0 Å². The lowest BCUT2D eigenvalue weighted by Crippen LogP contribution is -2.45. The van der Waals surface area contributed by atoms with Crippen molar-refractivity contribution in [3.05, 3.63) is 40.2 Å². The largest absolute Gasteiger partial charge is 0.481 e. The van der Waals surface area contributed by atoms with Gasteiger partial charge in [0.1, 0.15) is 17.4 Å². The van der Waals surface area contributed by atoms with Gasteiger partial charge in [0.05, 0.1) is 7.11 Å². The van der Waals surface area contributed by atoms with Crippen LogP contribution in [0.2, 0.25) is 0 Å². The number of carbonyl (C=O) groups excluding carboxylic acids is 2. The molecule has 24 heavy (non-hydrogen) atoms. The first kappa shape index (κ1) is 17.5. The number of benzene rings is 1. The number of nitrogens with one attached hydrogen (secondary N) is 1. The van der Waals surface area contributed by atoms with Gasteiger partial charge in [-0.2, -0.15) is 0 Å². The zero-order valence-electron chi connectivity index (χ0n) is 13.9. The van der Waals surface area contributed by atoms with Crippen molar-refractivity contribution in [3.8, 4) is 5.75 Å². The molecular weight excluding hydrogens is 314 g/mol. The van der Waals surface area contributed by atoms with E-state index in [1.54, 1.807) is 25.1 Å². The number of aryl methyl sites for hydroxylation is 1. The number of ether oxygens (including phenoxy) is 2. The Hall–Kier alpha value is -2.83. The maximum absolute atomic E-state index is 12.0. The summed E-state index contributed by atoms with van der Waals surface area (Å²) >= 11 is 0. The Balaban J connectivity index is 2.12. The number of methoxy groups -OCH3 is 1. The average molecular weight is 333 g/mol. The van der Waals surface area contributed by atoms with Crippen molar-refractivity contribution in [1.82, 2.24) is 5.32 Å². The number of esters is 1. The van der Waals surface area contributed by atoms with Crippen LogP contribution in [0.1, 0.15) is 19.4 Å². The number of hydrogen-bond acceptors (Lipinski definition) is 6. The maximum atomic E-state index is 12.0. The number of carbonyl (C=O) groups is 2. The van der Waals surface area contributed by atoms with E-state index in [0.29, 0.717) is 11.3 Å². The molecule has 2 atom stereocenters. The molecule has 0 saturated heterocycles. The Morgan fingerprint density at radius 2 is 1.92 bits per heavy atom. The van der Waals surface area contributed by atoms with Crippen LogP contribution in [0.3, 0.4) is 0 Å². The molecule has 1 N–H and O–H groups in total. The average Bonchev–Trinajstić information content (AvgIpc) is 2.53. The van der Waals surface area contributed by atoms with Crippen LogP contribution >= 0.6 is 0 Å². The second kappa shape index (κ2) is 7.16. The highest BCUT2D eigenvalue weighted by molar-refractivity contribution is 5.87. The summed E-state index contributed by atoms with van der Waals surface area (Å²) in [7, 11) is 1.25. The highest BCUT2D eigenvalue weighted by Crippen LogP contribution is 2.23. The molecule has 2 aromatic rings. The van der Waals surface area contributed by atoms with E-state index < -0.39 is 29.6 Å². The van der Waals surface area contributed by atoms with Crippen LogP contribution in [-0.2, 0) is 14.3 Å². The lowest BCUT2D eigenvalue weighted by atomic mass is 10.1. The third-order valence-electron chi connectivity index (χ3n) is 3.52. The predicted molar refractivity (Wildman–Crippen MR) is 86.9 cm³/mol. The Morgan fingerprint density at radius 3 is 2.58 bits per heavy atom. The predicted octanol–water partition coefficient (Wildman–Crippen LogP) is 1.55. The maximum Gasteiger partial charge on any atom is 0.336 e. The molecule has 0 fully saturated rings. The number of amides is 1. The third-order valence-corrected chi connectivity index (χ3v) is 3.52. The lowest BCUT2D eigenvalue weighted by molar-refractivity contribution is -0.145. The summed E-state index contributed by atoms with van der Waals surface area (Å²) in [6.07, 6.45) is -0.842. The molecule has 0 aliphatic carbocycles. The summed E-state index contributed by atoms with van der Waals surface area (Å²) < 4.78 is 15.2. The van der Waals surface area contributed by atoms with Crippen molar-refractivity contribution < 1.29 is 23.5 Å². The van der Waals surface area contributed by atoms with Crippen LogP contribution in [0.5, 0.6) is 5.75 Å². The van der Waals surface area contributed by atoms with Gasteiger partial charge >= 0.3 is 11.6 Å². The van der Waals surface area contributed by atoms with Crippen LogP contribution in [-0.4, -0.2) is 31.1 Å². The second-order valence-corrected chi connectivity index (χ2v) is 5.42. The molecule has 0 bridgehead atoms. The van der Waals surface area contributed by atoms with Crippen molar-refractivity contribution >= 4 is 22.8 Å². The van der Waals surface area contributed by atoms with Crippen molar-refractivity contribution in [2.24, 2.45) is 0 Å². The quantitative estimate of drug-likeness (QED) is 0.659. The van der Waals surface area contributed by atoms with E-state index >= 15 is 0 Å². The molecule has 7 heteroatoms. The summed E-state index contributed by atoms with van der Waals surface area (Å²) in [6.45, 7) is 4.88. The molecule has 0 saturated carbocycles. The van der Waals surface area contributed by atoms with Gasteiger partial charge in [-0.05, 0) is 38.5 Å². The second-order valence-electron chi connectivity index (χ2n) is 5.42. The molecule has 0 aliphatic heterocycles. The Bertz CT molecular complexity index is 825. The highest BCUT2D eigenvalue weighted by Gasteiger charge is 2.21. The Labute approximate surface area is 138 Å². The van der Waals surface area contributed by atoms with E-state index in [4.69, 9.17) is 9.15 Å². The summed E-state index contributed by atoms with van der Waals surface area (Å²) in [5.74, 6) is -0.623. The number of hydrogen-bond donors (Lipinski definition) is 1. The zero-order chi connectivity index (χ0) is 17.9. The molecule has 1 aromatic carbocycles. The standard InChI is InChI=1S/C17H19NO6/c1-9-7-15(19)24-14-8-12(5-6-13(9)14)23-11(3)16(20)18-10(2)17(21)22-4/h5-8,10-11H,1-4H3,(H,18,20)/t10-,11?/m1/s1. The molecule has 128 valence electrons. The minimum atomic E-state index is -0.842. The summed E-state index contributed by atoms with van der Waals surface area (Å²) in [5, 5.41) is 3.28. The van der Waals surface area contributed by atoms with Crippen molar-refractivity contribution in [2.75, 3.05) is 7.11 Å².